The number of hydrogen-bond acceptors (Lipinski definition) is 3. The molecule has 0 spiro atoms. The van der Waals surface area contributed by atoms with Crippen molar-refractivity contribution >= 4 is 15.2 Å². The monoisotopic (exact) mass is 148 g/mol. The molecule has 1 heterocycles. The van der Waals surface area contributed by atoms with E-state index in [0.29, 0.717) is 6.42 Å². The SMILES string of the molecule is [2H]C1NCCCC1=S(=O)=O. The van der Waals surface area contributed by atoms with Crippen molar-refractivity contribution in [2.24, 2.45) is 0 Å². The Labute approximate surface area is 57.0 Å². The third-order valence-electron chi connectivity index (χ3n) is 1.22. The summed E-state index contributed by atoms with van der Waals surface area (Å²) in [6.07, 6.45) is 1.36. The molecule has 0 aromatic carbocycles. The van der Waals surface area contributed by atoms with Gasteiger partial charge in [-0.25, -0.2) is 0 Å². The Kier molecular flexibility index (Phi) is 1.80. The largest absolute Gasteiger partial charge is 0.312 e. The van der Waals surface area contributed by atoms with E-state index in [2.05, 4.69) is 5.32 Å². The summed E-state index contributed by atoms with van der Waals surface area (Å²) in [5, 5.41) is 2.75. The molecule has 0 aliphatic carbocycles. The number of hydrogen-bond donors (Lipinski definition) is 1. The summed E-state index contributed by atoms with van der Waals surface area (Å²) in [7, 11) is -2.17. The quantitative estimate of drug-likeness (QED) is 0.467. The van der Waals surface area contributed by atoms with Gasteiger partial charge in [-0.05, 0) is 19.4 Å². The summed E-state index contributed by atoms with van der Waals surface area (Å²) in [6, 6.07) is 0. The van der Waals surface area contributed by atoms with Crippen LogP contribution in [0.1, 0.15) is 14.2 Å². The third-order valence-corrected chi connectivity index (χ3v) is 1.97. The molecule has 52 valence electrons. The molecule has 0 radical (unpaired) electrons. The van der Waals surface area contributed by atoms with Gasteiger partial charge in [-0.2, -0.15) is 8.42 Å². The van der Waals surface area contributed by atoms with Crippen LogP contribution in [0.4, 0.5) is 0 Å². The Hall–Kier alpha value is -0.350. The number of rotatable bonds is 0. The second-order valence-corrected chi connectivity index (χ2v) is 2.90. The Balaban J connectivity index is 2.86. The van der Waals surface area contributed by atoms with Crippen molar-refractivity contribution < 1.29 is 9.79 Å². The minimum absolute atomic E-state index is 0.284. The van der Waals surface area contributed by atoms with Crippen molar-refractivity contribution in [3.05, 3.63) is 0 Å². The fourth-order valence-electron chi connectivity index (χ4n) is 0.754. The average Bonchev–Trinajstić information content (AvgIpc) is 1.88. The first kappa shape index (κ1) is 5.44. The standard InChI is InChI=1S/C5H9NO2S/c7-9(8)5-2-1-3-6-4-5/h6H,1-4H2/i4D. The molecule has 1 atom stereocenters. The lowest BCUT2D eigenvalue weighted by Crippen LogP contribution is -2.30. The van der Waals surface area contributed by atoms with Gasteiger partial charge in [-0.1, -0.05) is 0 Å². The zero-order valence-corrected chi connectivity index (χ0v) is 5.74. The van der Waals surface area contributed by atoms with E-state index in [1.807, 2.05) is 0 Å². The molecule has 0 aromatic heterocycles. The van der Waals surface area contributed by atoms with Crippen LogP contribution < -0.4 is 5.32 Å². The molecular weight excluding hydrogens is 138 g/mol. The molecule has 1 fully saturated rings. The number of nitrogens with one attached hydrogen (secondary N) is 1. The van der Waals surface area contributed by atoms with Crippen LogP contribution in [0.2, 0.25) is 0 Å². The van der Waals surface area contributed by atoms with Crippen LogP contribution in [-0.4, -0.2) is 26.3 Å². The Morgan fingerprint density at radius 1 is 1.67 bits per heavy atom. The molecule has 0 aromatic rings. The van der Waals surface area contributed by atoms with Crippen LogP contribution in [0.25, 0.3) is 0 Å². The second-order valence-electron chi connectivity index (χ2n) is 1.90. The van der Waals surface area contributed by atoms with Gasteiger partial charge in [-0.15, -0.1) is 0 Å². The highest BCUT2D eigenvalue weighted by Gasteiger charge is 2.05. The summed E-state index contributed by atoms with van der Waals surface area (Å²) in [5.41, 5.74) is 0. The van der Waals surface area contributed by atoms with E-state index in [1.165, 1.54) is 0 Å². The molecule has 0 bridgehead atoms. The maximum absolute atomic E-state index is 10.4. The lowest BCUT2D eigenvalue weighted by Gasteiger charge is -2.10. The van der Waals surface area contributed by atoms with Gasteiger partial charge in [-0.3, -0.25) is 0 Å². The first-order chi connectivity index (χ1) is 4.72. The van der Waals surface area contributed by atoms with Gasteiger partial charge in [0.15, 0.2) is 0 Å². The van der Waals surface area contributed by atoms with E-state index < -0.39 is 16.8 Å². The summed E-state index contributed by atoms with van der Waals surface area (Å²) in [5.74, 6) is 0. The van der Waals surface area contributed by atoms with Crippen molar-refractivity contribution in [3.63, 3.8) is 0 Å². The highest BCUT2D eigenvalue weighted by molar-refractivity contribution is 7.73. The van der Waals surface area contributed by atoms with Crippen LogP contribution in [0.15, 0.2) is 0 Å². The van der Waals surface area contributed by atoms with Gasteiger partial charge in [0.05, 0.1) is 4.86 Å². The average molecular weight is 148 g/mol. The summed E-state index contributed by atoms with van der Waals surface area (Å²) in [6.45, 7) is 0.0431. The Bertz CT molecular complexity index is 238. The molecule has 4 heteroatoms. The fraction of sp³-hybridized carbons (Fsp3) is 0.800. The van der Waals surface area contributed by atoms with Gasteiger partial charge >= 0.3 is 0 Å². The molecule has 1 N–H and O–H groups in total. The van der Waals surface area contributed by atoms with E-state index in [1.54, 1.807) is 0 Å². The molecule has 9 heavy (non-hydrogen) atoms. The smallest absolute Gasteiger partial charge is 0.214 e. The first-order valence-electron chi connectivity index (χ1n) is 3.40. The molecule has 1 aliphatic rings. The summed E-state index contributed by atoms with van der Waals surface area (Å²) >= 11 is 0. The Morgan fingerprint density at radius 2 is 2.44 bits per heavy atom. The zero-order valence-electron chi connectivity index (χ0n) is 5.92. The predicted molar refractivity (Wildman–Crippen MR) is 36.0 cm³/mol. The molecule has 1 unspecified atom stereocenters. The lowest BCUT2D eigenvalue weighted by atomic mass is 10.2. The highest BCUT2D eigenvalue weighted by Crippen LogP contribution is 1.94. The van der Waals surface area contributed by atoms with Crippen LogP contribution in [0, 0.1) is 0 Å². The van der Waals surface area contributed by atoms with Crippen LogP contribution in [0.5, 0.6) is 0 Å². The van der Waals surface area contributed by atoms with Crippen molar-refractivity contribution in [3.8, 4) is 0 Å². The zero-order chi connectivity index (χ0) is 7.56. The van der Waals surface area contributed by atoms with Crippen LogP contribution in [-0.2, 0) is 10.3 Å². The van der Waals surface area contributed by atoms with E-state index in [4.69, 9.17) is 1.37 Å². The topological polar surface area (TPSA) is 46.2 Å². The molecule has 1 rings (SSSR count). The van der Waals surface area contributed by atoms with Crippen LogP contribution >= 0.6 is 0 Å². The van der Waals surface area contributed by atoms with E-state index >= 15 is 0 Å². The molecule has 0 amide bonds. The van der Waals surface area contributed by atoms with Gasteiger partial charge in [0.25, 0.3) is 0 Å². The molecule has 1 saturated heterocycles. The third kappa shape index (κ3) is 1.80. The van der Waals surface area contributed by atoms with Crippen molar-refractivity contribution in [2.45, 2.75) is 12.8 Å². The molecule has 0 saturated carbocycles. The first-order valence-corrected chi connectivity index (χ1v) is 3.90. The minimum Gasteiger partial charge on any atom is -0.312 e. The Morgan fingerprint density at radius 3 is 2.89 bits per heavy atom. The van der Waals surface area contributed by atoms with Gasteiger partial charge in [0.2, 0.25) is 10.3 Å². The van der Waals surface area contributed by atoms with Crippen molar-refractivity contribution in [1.29, 1.82) is 0 Å². The fourth-order valence-corrected chi connectivity index (χ4v) is 1.24. The molecule has 1 aliphatic heterocycles. The van der Waals surface area contributed by atoms with Crippen LogP contribution in [0.3, 0.4) is 0 Å². The van der Waals surface area contributed by atoms with E-state index in [-0.39, 0.29) is 4.86 Å². The number of piperidine rings is 1. The van der Waals surface area contributed by atoms with Gasteiger partial charge in [0, 0.05) is 7.89 Å². The van der Waals surface area contributed by atoms with Crippen molar-refractivity contribution in [1.82, 2.24) is 5.32 Å². The van der Waals surface area contributed by atoms with Gasteiger partial charge in [0.1, 0.15) is 0 Å². The molecule has 3 nitrogen and oxygen atoms in total. The lowest BCUT2D eigenvalue weighted by molar-refractivity contribution is 0.622. The highest BCUT2D eigenvalue weighted by atomic mass is 32.2. The maximum atomic E-state index is 10.4. The van der Waals surface area contributed by atoms with E-state index in [9.17, 15) is 8.42 Å². The molecular formula is C5H9NO2S. The van der Waals surface area contributed by atoms with Gasteiger partial charge < -0.3 is 5.32 Å². The van der Waals surface area contributed by atoms with E-state index in [0.717, 1.165) is 13.0 Å². The predicted octanol–water partition coefficient (Wildman–Crippen LogP) is -0.579. The second kappa shape index (κ2) is 2.98. The maximum Gasteiger partial charge on any atom is 0.214 e. The summed E-state index contributed by atoms with van der Waals surface area (Å²) < 4.78 is 28.0. The normalized spacial score (nSPS) is 29.6. The summed E-state index contributed by atoms with van der Waals surface area (Å²) in [4.78, 5) is 0.284. The minimum atomic E-state index is -2.17. The van der Waals surface area contributed by atoms with Crippen molar-refractivity contribution in [2.75, 3.05) is 13.1 Å².